The van der Waals surface area contributed by atoms with Gasteiger partial charge in [0.1, 0.15) is 5.56 Å². The fourth-order valence-corrected chi connectivity index (χ4v) is 2.71. The van der Waals surface area contributed by atoms with Crippen LogP contribution in [0, 0.1) is 0 Å². The predicted molar refractivity (Wildman–Crippen MR) is 75.2 cm³/mol. The first-order chi connectivity index (χ1) is 8.63. The van der Waals surface area contributed by atoms with Crippen LogP contribution in [0.3, 0.4) is 0 Å². The number of ether oxygens (including phenoxy) is 1. The van der Waals surface area contributed by atoms with Gasteiger partial charge < -0.3 is 10.1 Å². The summed E-state index contributed by atoms with van der Waals surface area (Å²) in [5, 5.41) is 3.91. The van der Waals surface area contributed by atoms with Crippen LogP contribution >= 0.6 is 35.0 Å². The third-order valence-corrected chi connectivity index (χ3v) is 3.80. The van der Waals surface area contributed by atoms with E-state index in [0.29, 0.717) is 16.7 Å². The SMILES string of the molecule is COc1c(Cl)ccc(Cl)c1C(=O)NC1=NCCS1. The number of amides is 1. The Morgan fingerprint density at radius 3 is 2.78 bits per heavy atom. The lowest BCUT2D eigenvalue weighted by molar-refractivity contribution is 0.0975. The second-order valence-electron chi connectivity index (χ2n) is 3.43. The van der Waals surface area contributed by atoms with Crippen molar-refractivity contribution in [2.75, 3.05) is 19.4 Å². The highest BCUT2D eigenvalue weighted by molar-refractivity contribution is 8.14. The number of amidine groups is 1. The molecule has 2 rings (SSSR count). The zero-order valence-electron chi connectivity index (χ0n) is 9.50. The first kappa shape index (κ1) is 13.5. The summed E-state index contributed by atoms with van der Waals surface area (Å²) in [5.74, 6) is 0.772. The van der Waals surface area contributed by atoms with Gasteiger partial charge in [-0.2, -0.15) is 0 Å². The molecule has 1 aliphatic rings. The molecule has 1 aliphatic heterocycles. The summed E-state index contributed by atoms with van der Waals surface area (Å²) in [5.41, 5.74) is 0.224. The molecule has 1 N–H and O–H groups in total. The molecule has 1 heterocycles. The van der Waals surface area contributed by atoms with Crippen molar-refractivity contribution in [2.45, 2.75) is 0 Å². The van der Waals surface area contributed by atoms with E-state index in [0.717, 1.165) is 5.75 Å². The topological polar surface area (TPSA) is 50.7 Å². The van der Waals surface area contributed by atoms with Gasteiger partial charge in [-0.15, -0.1) is 0 Å². The lowest BCUT2D eigenvalue weighted by atomic mass is 10.2. The minimum atomic E-state index is -0.368. The number of hydrogen-bond donors (Lipinski definition) is 1. The summed E-state index contributed by atoms with van der Waals surface area (Å²) >= 11 is 13.5. The van der Waals surface area contributed by atoms with Crippen molar-refractivity contribution in [2.24, 2.45) is 4.99 Å². The highest BCUT2D eigenvalue weighted by Crippen LogP contribution is 2.33. The van der Waals surface area contributed by atoms with Crippen LogP contribution in [0.15, 0.2) is 17.1 Å². The van der Waals surface area contributed by atoms with Crippen molar-refractivity contribution in [1.29, 1.82) is 0 Å². The number of nitrogens with one attached hydrogen (secondary N) is 1. The van der Waals surface area contributed by atoms with Crippen LogP contribution in [-0.2, 0) is 0 Å². The van der Waals surface area contributed by atoms with Crippen molar-refractivity contribution in [3.63, 3.8) is 0 Å². The number of aliphatic imine (C=N–C) groups is 1. The average molecular weight is 305 g/mol. The van der Waals surface area contributed by atoms with Gasteiger partial charge in [-0.25, -0.2) is 0 Å². The molecule has 4 nitrogen and oxygen atoms in total. The number of rotatable bonds is 2. The van der Waals surface area contributed by atoms with Gasteiger partial charge in [-0.3, -0.25) is 9.79 Å². The molecule has 0 aliphatic carbocycles. The summed E-state index contributed by atoms with van der Waals surface area (Å²) in [6.45, 7) is 0.709. The van der Waals surface area contributed by atoms with Crippen molar-refractivity contribution < 1.29 is 9.53 Å². The summed E-state index contributed by atoms with van der Waals surface area (Å²) in [4.78, 5) is 16.3. The first-order valence-electron chi connectivity index (χ1n) is 5.14. The zero-order valence-corrected chi connectivity index (χ0v) is 11.8. The zero-order chi connectivity index (χ0) is 13.1. The molecule has 96 valence electrons. The molecular weight excluding hydrogens is 295 g/mol. The van der Waals surface area contributed by atoms with Crippen molar-refractivity contribution in [3.05, 3.63) is 27.7 Å². The Kier molecular flexibility index (Phi) is 4.37. The summed E-state index contributed by atoms with van der Waals surface area (Å²) < 4.78 is 5.12. The Hall–Kier alpha value is -0.910. The number of nitrogens with zero attached hydrogens (tertiary/aromatic N) is 1. The standard InChI is InChI=1S/C11H10Cl2N2O2S/c1-17-9-7(13)3-2-6(12)8(9)10(16)15-11-14-4-5-18-11/h2-3H,4-5H2,1H3,(H,14,15,16). The van der Waals surface area contributed by atoms with Crippen LogP contribution in [0.4, 0.5) is 0 Å². The largest absolute Gasteiger partial charge is 0.494 e. The van der Waals surface area contributed by atoms with E-state index in [4.69, 9.17) is 27.9 Å². The van der Waals surface area contributed by atoms with E-state index in [2.05, 4.69) is 10.3 Å². The lowest BCUT2D eigenvalue weighted by Crippen LogP contribution is -2.28. The average Bonchev–Trinajstić information content (AvgIpc) is 2.84. The maximum Gasteiger partial charge on any atom is 0.262 e. The van der Waals surface area contributed by atoms with E-state index in [1.54, 1.807) is 12.1 Å². The molecule has 0 spiro atoms. The highest BCUT2D eigenvalue weighted by Gasteiger charge is 2.21. The minimum Gasteiger partial charge on any atom is -0.494 e. The highest BCUT2D eigenvalue weighted by atomic mass is 35.5. The Morgan fingerprint density at radius 2 is 2.17 bits per heavy atom. The monoisotopic (exact) mass is 304 g/mol. The lowest BCUT2D eigenvalue weighted by Gasteiger charge is -2.11. The van der Waals surface area contributed by atoms with Gasteiger partial charge in [0.05, 0.1) is 23.7 Å². The maximum absolute atomic E-state index is 12.1. The summed E-state index contributed by atoms with van der Waals surface area (Å²) in [7, 11) is 1.44. The number of carbonyl (C=O) groups excluding carboxylic acids is 1. The number of thioether (sulfide) groups is 1. The van der Waals surface area contributed by atoms with E-state index in [9.17, 15) is 4.79 Å². The Balaban J connectivity index is 2.31. The van der Waals surface area contributed by atoms with Gasteiger partial charge >= 0.3 is 0 Å². The first-order valence-corrected chi connectivity index (χ1v) is 6.88. The van der Waals surface area contributed by atoms with Gasteiger partial charge in [0.2, 0.25) is 0 Å². The van der Waals surface area contributed by atoms with E-state index < -0.39 is 0 Å². The molecule has 1 aromatic rings. The van der Waals surface area contributed by atoms with Gasteiger partial charge in [0, 0.05) is 5.75 Å². The molecule has 1 amide bonds. The predicted octanol–water partition coefficient (Wildman–Crippen LogP) is 2.83. The van der Waals surface area contributed by atoms with E-state index in [1.807, 2.05) is 0 Å². The van der Waals surface area contributed by atoms with Crippen molar-refractivity contribution >= 4 is 46.0 Å². The third kappa shape index (κ3) is 2.74. The molecule has 18 heavy (non-hydrogen) atoms. The molecule has 0 fully saturated rings. The van der Waals surface area contributed by atoms with Gasteiger partial charge in [-0.05, 0) is 12.1 Å². The molecule has 0 aromatic heterocycles. The van der Waals surface area contributed by atoms with Crippen molar-refractivity contribution in [1.82, 2.24) is 5.32 Å². The van der Waals surface area contributed by atoms with Crippen molar-refractivity contribution in [3.8, 4) is 5.75 Å². The number of hydrogen-bond acceptors (Lipinski definition) is 4. The second kappa shape index (κ2) is 5.82. The Morgan fingerprint density at radius 1 is 1.44 bits per heavy atom. The molecule has 0 saturated heterocycles. The van der Waals surface area contributed by atoms with Gasteiger partial charge in [-0.1, -0.05) is 35.0 Å². The third-order valence-electron chi connectivity index (χ3n) is 2.30. The second-order valence-corrected chi connectivity index (χ2v) is 5.32. The molecular formula is C11H10Cl2N2O2S. The fraction of sp³-hybridized carbons (Fsp3) is 0.273. The molecule has 0 unspecified atom stereocenters. The molecule has 0 bridgehead atoms. The van der Waals surface area contributed by atoms with Gasteiger partial charge in [0.25, 0.3) is 5.91 Å². The fourth-order valence-electron chi connectivity index (χ4n) is 1.51. The minimum absolute atomic E-state index is 0.224. The van der Waals surface area contributed by atoms with E-state index in [-0.39, 0.29) is 22.2 Å². The van der Waals surface area contributed by atoms with Crippen LogP contribution in [0.25, 0.3) is 0 Å². The van der Waals surface area contributed by atoms with Crippen LogP contribution in [0.2, 0.25) is 10.0 Å². The molecule has 7 heteroatoms. The Labute approximate surface area is 119 Å². The molecule has 0 atom stereocenters. The molecule has 0 saturated carbocycles. The quantitative estimate of drug-likeness (QED) is 0.914. The van der Waals surface area contributed by atoms with E-state index >= 15 is 0 Å². The number of halogens is 2. The van der Waals surface area contributed by atoms with Gasteiger partial charge in [0.15, 0.2) is 10.9 Å². The molecule has 1 aromatic carbocycles. The van der Waals surface area contributed by atoms with Crippen LogP contribution in [-0.4, -0.2) is 30.5 Å². The normalized spacial score (nSPS) is 14.3. The summed E-state index contributed by atoms with van der Waals surface area (Å²) in [6, 6.07) is 3.15. The van der Waals surface area contributed by atoms with Crippen LogP contribution < -0.4 is 10.1 Å². The number of methoxy groups -OCH3 is 1. The number of benzene rings is 1. The summed E-state index contributed by atoms with van der Waals surface area (Å²) in [6.07, 6.45) is 0. The number of carbonyl (C=O) groups is 1. The van der Waals surface area contributed by atoms with E-state index in [1.165, 1.54) is 18.9 Å². The maximum atomic E-state index is 12.1. The molecule has 0 radical (unpaired) electrons. The van der Waals surface area contributed by atoms with Crippen LogP contribution in [0.1, 0.15) is 10.4 Å². The smallest absolute Gasteiger partial charge is 0.262 e. The van der Waals surface area contributed by atoms with Crippen LogP contribution in [0.5, 0.6) is 5.75 Å². The Bertz CT molecular complexity index is 520.